The number of furan rings is 1. The average Bonchev–Trinajstić information content (AvgIpc) is 3.30. The minimum Gasteiger partial charge on any atom is -0.493 e. The van der Waals surface area contributed by atoms with E-state index in [9.17, 15) is 9.59 Å². The van der Waals surface area contributed by atoms with E-state index in [0.717, 1.165) is 44.5 Å². The van der Waals surface area contributed by atoms with Gasteiger partial charge in [0.2, 0.25) is 5.91 Å². The number of rotatable bonds is 7. The fraction of sp³-hybridized carbons (Fsp3) is 0.400. The number of nitrogens with zero attached hydrogens (tertiary/aromatic N) is 1. The average molecular weight is 490 g/mol. The third-order valence-corrected chi connectivity index (χ3v) is 6.89. The maximum atomic E-state index is 13.1. The molecular formula is C30H35NO5. The summed E-state index contributed by atoms with van der Waals surface area (Å²) >= 11 is 0. The van der Waals surface area contributed by atoms with Crippen LogP contribution in [0.25, 0.3) is 27.7 Å². The van der Waals surface area contributed by atoms with Gasteiger partial charge in [0, 0.05) is 41.2 Å². The summed E-state index contributed by atoms with van der Waals surface area (Å²) in [5.74, 6) is 0.388. The zero-order chi connectivity index (χ0) is 25.8. The lowest BCUT2D eigenvalue weighted by molar-refractivity contribution is -0.150. The molecule has 4 rings (SSSR count). The molecule has 1 aliphatic rings. The number of likely N-dealkylation sites (tertiary alicyclic amines) is 1. The molecule has 2 aromatic carbocycles. The van der Waals surface area contributed by atoms with E-state index in [1.807, 2.05) is 27.7 Å². The largest absolute Gasteiger partial charge is 0.493 e. The SMILES string of the molecule is CCOC(=O)C1CCN(C(=O)/C=C(\C)c2cc3c(-c4ccc(C)cc4)coc3c(C)c2OCC)CC1. The van der Waals surface area contributed by atoms with E-state index < -0.39 is 0 Å². The molecule has 190 valence electrons. The highest BCUT2D eigenvalue weighted by Crippen LogP contribution is 2.41. The van der Waals surface area contributed by atoms with Gasteiger partial charge in [-0.25, -0.2) is 0 Å². The summed E-state index contributed by atoms with van der Waals surface area (Å²) < 4.78 is 17.2. The van der Waals surface area contributed by atoms with Gasteiger partial charge in [-0.2, -0.15) is 0 Å². The van der Waals surface area contributed by atoms with Gasteiger partial charge in [0.25, 0.3) is 0 Å². The summed E-state index contributed by atoms with van der Waals surface area (Å²) in [6, 6.07) is 10.4. The topological polar surface area (TPSA) is 69.0 Å². The van der Waals surface area contributed by atoms with E-state index in [2.05, 4.69) is 37.3 Å². The maximum absolute atomic E-state index is 13.1. The molecule has 36 heavy (non-hydrogen) atoms. The first-order valence-corrected chi connectivity index (χ1v) is 12.7. The summed E-state index contributed by atoms with van der Waals surface area (Å²) in [6.45, 7) is 11.7. The van der Waals surface area contributed by atoms with Gasteiger partial charge in [0.1, 0.15) is 11.3 Å². The normalized spacial score (nSPS) is 14.8. The Morgan fingerprint density at radius 3 is 2.42 bits per heavy atom. The minimum atomic E-state index is -0.161. The van der Waals surface area contributed by atoms with Crippen LogP contribution in [-0.2, 0) is 14.3 Å². The number of fused-ring (bicyclic) bond motifs is 1. The third kappa shape index (κ3) is 5.18. The van der Waals surface area contributed by atoms with Crippen molar-refractivity contribution < 1.29 is 23.5 Å². The highest BCUT2D eigenvalue weighted by molar-refractivity contribution is 6.01. The van der Waals surface area contributed by atoms with E-state index in [4.69, 9.17) is 13.9 Å². The molecule has 1 aromatic heterocycles. The van der Waals surface area contributed by atoms with Crippen LogP contribution < -0.4 is 4.74 Å². The van der Waals surface area contributed by atoms with Gasteiger partial charge in [0.05, 0.1) is 25.4 Å². The van der Waals surface area contributed by atoms with Gasteiger partial charge >= 0.3 is 5.97 Å². The molecule has 0 saturated carbocycles. The predicted molar refractivity (Wildman–Crippen MR) is 142 cm³/mol. The smallest absolute Gasteiger partial charge is 0.309 e. The molecule has 1 aliphatic heterocycles. The van der Waals surface area contributed by atoms with Crippen molar-refractivity contribution in [3.8, 4) is 16.9 Å². The second-order valence-corrected chi connectivity index (χ2v) is 9.38. The number of hydrogen-bond donors (Lipinski definition) is 0. The van der Waals surface area contributed by atoms with E-state index in [1.165, 1.54) is 5.56 Å². The summed E-state index contributed by atoms with van der Waals surface area (Å²) in [7, 11) is 0. The van der Waals surface area contributed by atoms with Gasteiger partial charge in [0.15, 0.2) is 0 Å². The number of allylic oxidation sites excluding steroid dienone is 1. The highest BCUT2D eigenvalue weighted by atomic mass is 16.5. The Balaban J connectivity index is 1.65. The molecule has 3 aromatic rings. The molecule has 1 fully saturated rings. The predicted octanol–water partition coefficient (Wildman–Crippen LogP) is 6.32. The van der Waals surface area contributed by atoms with Crippen LogP contribution in [0.2, 0.25) is 0 Å². The molecule has 2 heterocycles. The van der Waals surface area contributed by atoms with Crippen LogP contribution in [0.5, 0.6) is 5.75 Å². The van der Waals surface area contributed by atoms with Crippen molar-refractivity contribution in [2.75, 3.05) is 26.3 Å². The maximum Gasteiger partial charge on any atom is 0.309 e. The molecular weight excluding hydrogens is 454 g/mol. The first-order chi connectivity index (χ1) is 17.3. The van der Waals surface area contributed by atoms with E-state index in [-0.39, 0.29) is 17.8 Å². The van der Waals surface area contributed by atoms with Crippen LogP contribution in [0, 0.1) is 19.8 Å². The van der Waals surface area contributed by atoms with Crippen LogP contribution in [0.4, 0.5) is 0 Å². The Kier molecular flexibility index (Phi) is 7.82. The van der Waals surface area contributed by atoms with Gasteiger partial charge in [-0.1, -0.05) is 29.8 Å². The Morgan fingerprint density at radius 1 is 1.08 bits per heavy atom. The standard InChI is InChI=1S/C30H35NO5/c1-6-34-28-21(5)29-25(26(18-36-29)22-10-8-19(3)9-11-22)17-24(28)20(4)16-27(32)31-14-12-23(13-15-31)30(33)35-7-2/h8-11,16-18,23H,6-7,12-15H2,1-5H3/b20-16+. The number of carbonyl (C=O) groups is 2. The molecule has 0 spiro atoms. The highest BCUT2D eigenvalue weighted by Gasteiger charge is 2.28. The molecule has 1 saturated heterocycles. The number of hydrogen-bond acceptors (Lipinski definition) is 5. The molecule has 0 bridgehead atoms. The quantitative estimate of drug-likeness (QED) is 0.287. The van der Waals surface area contributed by atoms with Crippen LogP contribution >= 0.6 is 0 Å². The number of carbonyl (C=O) groups excluding carboxylic acids is 2. The lowest BCUT2D eigenvalue weighted by Crippen LogP contribution is -2.40. The van der Waals surface area contributed by atoms with Gasteiger partial charge in [-0.15, -0.1) is 0 Å². The molecule has 0 atom stereocenters. The monoisotopic (exact) mass is 489 g/mol. The van der Waals surface area contributed by atoms with Crippen molar-refractivity contribution in [2.24, 2.45) is 5.92 Å². The van der Waals surface area contributed by atoms with Crippen LogP contribution in [0.1, 0.15) is 50.3 Å². The van der Waals surface area contributed by atoms with Crippen LogP contribution in [0.3, 0.4) is 0 Å². The van der Waals surface area contributed by atoms with E-state index in [0.29, 0.717) is 39.1 Å². The molecule has 0 unspecified atom stereocenters. The third-order valence-electron chi connectivity index (χ3n) is 6.89. The zero-order valence-electron chi connectivity index (χ0n) is 21.8. The summed E-state index contributed by atoms with van der Waals surface area (Å²) in [6.07, 6.45) is 4.72. The minimum absolute atomic E-state index is 0.0547. The fourth-order valence-electron chi connectivity index (χ4n) is 4.85. The Morgan fingerprint density at radius 2 is 1.78 bits per heavy atom. The zero-order valence-corrected chi connectivity index (χ0v) is 21.8. The number of amides is 1. The van der Waals surface area contributed by atoms with Crippen molar-refractivity contribution in [3.05, 3.63) is 59.4 Å². The first-order valence-electron chi connectivity index (χ1n) is 12.7. The summed E-state index contributed by atoms with van der Waals surface area (Å²) in [5.41, 5.74) is 6.71. The second-order valence-electron chi connectivity index (χ2n) is 9.38. The van der Waals surface area contributed by atoms with Crippen LogP contribution in [-0.4, -0.2) is 43.1 Å². The lowest BCUT2D eigenvalue weighted by atomic mass is 9.95. The summed E-state index contributed by atoms with van der Waals surface area (Å²) in [5, 5.41) is 0.991. The number of ether oxygens (including phenoxy) is 2. The van der Waals surface area contributed by atoms with Crippen molar-refractivity contribution >= 4 is 28.4 Å². The van der Waals surface area contributed by atoms with Crippen molar-refractivity contribution in [1.29, 1.82) is 0 Å². The fourth-order valence-corrected chi connectivity index (χ4v) is 4.85. The molecule has 0 N–H and O–H groups in total. The Labute approximate surface area is 212 Å². The van der Waals surface area contributed by atoms with Gasteiger partial charge in [-0.3, -0.25) is 9.59 Å². The van der Waals surface area contributed by atoms with E-state index in [1.54, 1.807) is 17.2 Å². The van der Waals surface area contributed by atoms with Crippen molar-refractivity contribution in [2.45, 2.75) is 47.5 Å². The number of piperidine rings is 1. The number of benzene rings is 2. The number of esters is 1. The van der Waals surface area contributed by atoms with Crippen molar-refractivity contribution in [3.63, 3.8) is 0 Å². The molecule has 0 radical (unpaired) electrons. The number of aryl methyl sites for hydroxylation is 2. The van der Waals surface area contributed by atoms with Crippen LogP contribution in [0.15, 0.2) is 47.1 Å². The van der Waals surface area contributed by atoms with Crippen molar-refractivity contribution in [1.82, 2.24) is 4.90 Å². The first kappa shape index (κ1) is 25.5. The van der Waals surface area contributed by atoms with Gasteiger partial charge in [-0.05, 0) is 64.7 Å². The Bertz CT molecular complexity index is 1280. The molecule has 0 aliphatic carbocycles. The molecule has 1 amide bonds. The Hall–Kier alpha value is -3.54. The molecule has 6 nitrogen and oxygen atoms in total. The second kappa shape index (κ2) is 11.0. The van der Waals surface area contributed by atoms with Gasteiger partial charge < -0.3 is 18.8 Å². The summed E-state index contributed by atoms with van der Waals surface area (Å²) in [4.78, 5) is 27.0. The molecule has 6 heteroatoms. The van der Waals surface area contributed by atoms with E-state index >= 15 is 0 Å². The lowest BCUT2D eigenvalue weighted by Gasteiger charge is -2.30.